The molecule has 0 bridgehead atoms. The van der Waals surface area contributed by atoms with Gasteiger partial charge in [-0.05, 0) is 54.8 Å². The van der Waals surface area contributed by atoms with Gasteiger partial charge in [0, 0.05) is 11.1 Å². The summed E-state index contributed by atoms with van der Waals surface area (Å²) in [5.41, 5.74) is 3.74. The van der Waals surface area contributed by atoms with Crippen LogP contribution in [-0.2, 0) is 21.2 Å². The number of anilines is 1. The number of hydrogen-bond donors (Lipinski definition) is 1. The van der Waals surface area contributed by atoms with E-state index in [9.17, 15) is 17.6 Å². The van der Waals surface area contributed by atoms with Crippen molar-refractivity contribution in [2.75, 3.05) is 10.8 Å². The monoisotopic (exact) mass is 438 g/mol. The van der Waals surface area contributed by atoms with Gasteiger partial charge in [-0.2, -0.15) is 0 Å². The van der Waals surface area contributed by atoms with Crippen molar-refractivity contribution in [3.05, 3.63) is 83.7 Å². The van der Waals surface area contributed by atoms with Crippen LogP contribution in [0, 0.1) is 5.82 Å². The highest BCUT2D eigenvalue weighted by molar-refractivity contribution is 7.93. The number of amides is 1. The number of benzene rings is 3. The van der Waals surface area contributed by atoms with E-state index in [4.69, 9.17) is 0 Å². The Morgan fingerprint density at radius 1 is 1.03 bits per heavy atom. The molecule has 0 unspecified atom stereocenters. The van der Waals surface area contributed by atoms with Gasteiger partial charge in [-0.1, -0.05) is 43.3 Å². The predicted molar refractivity (Wildman–Crippen MR) is 119 cm³/mol. The van der Waals surface area contributed by atoms with Gasteiger partial charge in [0.25, 0.3) is 10.0 Å². The zero-order chi connectivity index (χ0) is 22.2. The number of carbonyl (C=O) groups excluding carboxylic acids is 1. The Morgan fingerprint density at radius 3 is 2.45 bits per heavy atom. The van der Waals surface area contributed by atoms with Gasteiger partial charge in [-0.25, -0.2) is 12.8 Å². The number of carbonyl (C=O) groups is 1. The minimum atomic E-state index is -3.89. The molecule has 1 N–H and O–H groups in total. The molecule has 0 aliphatic carbocycles. The molecule has 5 nitrogen and oxygen atoms in total. The number of hydrogen-bond acceptors (Lipinski definition) is 3. The van der Waals surface area contributed by atoms with Crippen LogP contribution in [0.3, 0.4) is 0 Å². The Hall–Kier alpha value is -3.19. The van der Waals surface area contributed by atoms with Crippen LogP contribution < -0.4 is 9.62 Å². The van der Waals surface area contributed by atoms with Gasteiger partial charge < -0.3 is 5.32 Å². The predicted octanol–water partition coefficient (Wildman–Crippen LogP) is 4.44. The zero-order valence-electron chi connectivity index (χ0n) is 17.3. The quantitative estimate of drug-likeness (QED) is 0.640. The third kappa shape index (κ3) is 3.93. The highest BCUT2D eigenvalue weighted by Crippen LogP contribution is 2.43. The van der Waals surface area contributed by atoms with Gasteiger partial charge in [0.2, 0.25) is 5.91 Å². The van der Waals surface area contributed by atoms with E-state index >= 15 is 0 Å². The molecule has 0 aromatic heterocycles. The summed E-state index contributed by atoms with van der Waals surface area (Å²) in [6, 6.07) is 17.9. The van der Waals surface area contributed by atoms with Crippen molar-refractivity contribution >= 4 is 21.6 Å². The van der Waals surface area contributed by atoms with Gasteiger partial charge >= 0.3 is 0 Å². The number of rotatable bonds is 5. The maximum atomic E-state index is 13.4. The van der Waals surface area contributed by atoms with Crippen LogP contribution in [0.25, 0.3) is 11.1 Å². The van der Waals surface area contributed by atoms with Crippen molar-refractivity contribution in [3.63, 3.8) is 0 Å². The molecule has 0 fully saturated rings. The van der Waals surface area contributed by atoms with Crippen LogP contribution in [0.4, 0.5) is 10.1 Å². The van der Waals surface area contributed by atoms with Crippen LogP contribution in [0.1, 0.15) is 31.0 Å². The molecular formula is C24H23FN2O3S. The number of halogens is 1. The molecule has 1 atom stereocenters. The maximum absolute atomic E-state index is 13.4. The molecule has 0 saturated carbocycles. The molecule has 0 saturated heterocycles. The Bertz CT molecular complexity index is 1240. The molecule has 4 rings (SSSR count). The number of nitrogens with zero attached hydrogens (tertiary/aromatic N) is 1. The van der Waals surface area contributed by atoms with Gasteiger partial charge in [0.1, 0.15) is 12.4 Å². The second-order valence-corrected chi connectivity index (χ2v) is 9.38. The molecule has 160 valence electrons. The van der Waals surface area contributed by atoms with Crippen molar-refractivity contribution in [2.45, 2.75) is 31.2 Å². The summed E-state index contributed by atoms with van der Waals surface area (Å²) in [4.78, 5) is 13.0. The van der Waals surface area contributed by atoms with E-state index in [-0.39, 0.29) is 17.3 Å². The summed E-state index contributed by atoms with van der Waals surface area (Å²) < 4.78 is 41.0. The SMILES string of the molecule is CCc1ccc2c(c1)-c1ccccc1S(=O)(=O)N2CC(=O)N[C@@H](C)c1ccc(F)cc1. The number of nitrogens with one attached hydrogen (secondary N) is 1. The molecule has 0 radical (unpaired) electrons. The first kappa shape index (κ1) is 21.1. The lowest BCUT2D eigenvalue weighted by Gasteiger charge is -2.32. The van der Waals surface area contributed by atoms with E-state index in [2.05, 4.69) is 5.32 Å². The third-order valence-electron chi connectivity index (χ3n) is 5.52. The van der Waals surface area contributed by atoms with Crippen molar-refractivity contribution < 1.29 is 17.6 Å². The lowest BCUT2D eigenvalue weighted by molar-refractivity contribution is -0.120. The maximum Gasteiger partial charge on any atom is 0.265 e. The van der Waals surface area contributed by atoms with E-state index < -0.39 is 22.0 Å². The fraction of sp³-hybridized carbons (Fsp3) is 0.208. The van der Waals surface area contributed by atoms with E-state index in [1.165, 1.54) is 12.1 Å². The second kappa shape index (κ2) is 8.15. The lowest BCUT2D eigenvalue weighted by Crippen LogP contribution is -2.43. The van der Waals surface area contributed by atoms with Gasteiger partial charge in [0.15, 0.2) is 0 Å². The molecule has 3 aromatic carbocycles. The van der Waals surface area contributed by atoms with Crippen LogP contribution in [0.15, 0.2) is 71.6 Å². The zero-order valence-corrected chi connectivity index (χ0v) is 18.1. The Kier molecular flexibility index (Phi) is 5.54. The smallest absolute Gasteiger partial charge is 0.265 e. The van der Waals surface area contributed by atoms with Gasteiger partial charge in [0.05, 0.1) is 16.6 Å². The summed E-state index contributed by atoms with van der Waals surface area (Å²) >= 11 is 0. The third-order valence-corrected chi connectivity index (χ3v) is 7.34. The summed E-state index contributed by atoms with van der Waals surface area (Å²) in [7, 11) is -3.89. The average Bonchev–Trinajstić information content (AvgIpc) is 2.77. The number of fused-ring (bicyclic) bond motifs is 3. The average molecular weight is 439 g/mol. The highest BCUT2D eigenvalue weighted by Gasteiger charge is 2.36. The molecule has 0 spiro atoms. The molecular weight excluding hydrogens is 415 g/mol. The van der Waals surface area contributed by atoms with Crippen molar-refractivity contribution in [1.82, 2.24) is 5.32 Å². The molecule has 1 aliphatic heterocycles. The molecule has 7 heteroatoms. The highest BCUT2D eigenvalue weighted by atomic mass is 32.2. The van der Waals surface area contributed by atoms with Crippen molar-refractivity contribution in [1.29, 1.82) is 0 Å². The van der Waals surface area contributed by atoms with Crippen molar-refractivity contribution in [2.24, 2.45) is 0 Å². The molecule has 1 heterocycles. The summed E-state index contributed by atoms with van der Waals surface area (Å²) in [6.07, 6.45) is 0.817. The summed E-state index contributed by atoms with van der Waals surface area (Å²) in [6.45, 7) is 3.46. The minimum Gasteiger partial charge on any atom is -0.348 e. The van der Waals surface area contributed by atoms with E-state index in [1.807, 2.05) is 25.1 Å². The number of aryl methyl sites for hydroxylation is 1. The van der Waals surface area contributed by atoms with Crippen LogP contribution in [-0.4, -0.2) is 20.9 Å². The molecule has 1 amide bonds. The van der Waals surface area contributed by atoms with E-state index in [0.29, 0.717) is 11.3 Å². The molecule has 1 aliphatic rings. The molecule has 3 aromatic rings. The van der Waals surface area contributed by atoms with Crippen LogP contribution in [0.2, 0.25) is 0 Å². The topological polar surface area (TPSA) is 66.5 Å². The fourth-order valence-electron chi connectivity index (χ4n) is 3.82. The fourth-order valence-corrected chi connectivity index (χ4v) is 5.47. The Morgan fingerprint density at radius 2 is 1.74 bits per heavy atom. The second-order valence-electron chi connectivity index (χ2n) is 7.55. The minimum absolute atomic E-state index is 0.190. The van der Waals surface area contributed by atoms with E-state index in [1.54, 1.807) is 43.3 Å². The van der Waals surface area contributed by atoms with Crippen LogP contribution >= 0.6 is 0 Å². The largest absolute Gasteiger partial charge is 0.348 e. The normalized spacial score (nSPS) is 15.0. The standard InChI is InChI=1S/C24H23FN2O3S/c1-3-17-8-13-22-21(14-17)20-6-4-5-7-23(20)31(29,30)27(22)15-24(28)26-16(2)18-9-11-19(25)12-10-18/h4-14,16H,3,15H2,1-2H3,(H,26,28)/t16-/m0/s1. The van der Waals surface area contributed by atoms with Crippen LogP contribution in [0.5, 0.6) is 0 Å². The Balaban J connectivity index is 1.66. The first-order chi connectivity index (χ1) is 14.8. The first-order valence-corrected chi connectivity index (χ1v) is 11.5. The van der Waals surface area contributed by atoms with Crippen molar-refractivity contribution in [3.8, 4) is 11.1 Å². The summed E-state index contributed by atoms with van der Waals surface area (Å²) in [5.74, 6) is -0.797. The number of sulfonamides is 1. The van der Waals surface area contributed by atoms with Gasteiger partial charge in [-0.15, -0.1) is 0 Å². The summed E-state index contributed by atoms with van der Waals surface area (Å²) in [5, 5.41) is 2.81. The Labute approximate surface area is 181 Å². The first-order valence-electron chi connectivity index (χ1n) is 10.1. The lowest BCUT2D eigenvalue weighted by atomic mass is 9.99. The molecule has 31 heavy (non-hydrogen) atoms. The van der Waals surface area contributed by atoms with Gasteiger partial charge in [-0.3, -0.25) is 9.10 Å². The van der Waals surface area contributed by atoms with E-state index in [0.717, 1.165) is 27.4 Å².